The van der Waals surface area contributed by atoms with Gasteiger partial charge in [0, 0.05) is 10.5 Å². The zero-order chi connectivity index (χ0) is 13.9. The number of nitrogens with one attached hydrogen (secondary N) is 1. The van der Waals surface area contributed by atoms with Crippen molar-refractivity contribution in [3.63, 3.8) is 0 Å². The molecule has 1 rings (SSSR count). The molecule has 0 fully saturated rings. The third-order valence-corrected chi connectivity index (χ3v) is 3.48. The molecule has 0 spiro atoms. The van der Waals surface area contributed by atoms with Gasteiger partial charge in [-0.3, -0.25) is 9.59 Å². The van der Waals surface area contributed by atoms with Crippen LogP contribution in [0.3, 0.4) is 0 Å². The maximum Gasteiger partial charge on any atom is 0.308 e. The fourth-order valence-electron chi connectivity index (χ4n) is 1.30. The Labute approximate surface area is 118 Å². The molecule has 1 aromatic carbocycles. The van der Waals surface area contributed by atoms with Gasteiger partial charge < -0.3 is 10.4 Å². The predicted molar refractivity (Wildman–Crippen MR) is 72.9 cm³/mol. The van der Waals surface area contributed by atoms with Crippen molar-refractivity contribution in [2.45, 2.75) is 19.9 Å². The lowest BCUT2D eigenvalue weighted by molar-refractivity contribution is -0.141. The monoisotopic (exact) mass is 333 g/mol. The van der Waals surface area contributed by atoms with Gasteiger partial charge in [0.15, 0.2) is 0 Å². The number of carboxylic acids is 1. The SMILES string of the molecule is CC(NC(=O)c1ccc(Br)cc1Cl)C(C)C(=O)O. The van der Waals surface area contributed by atoms with E-state index in [-0.39, 0.29) is 5.91 Å². The van der Waals surface area contributed by atoms with E-state index in [1.165, 1.54) is 6.92 Å². The summed E-state index contributed by atoms with van der Waals surface area (Å²) in [5.41, 5.74) is 0.323. The Balaban J connectivity index is 2.79. The molecule has 98 valence electrons. The van der Waals surface area contributed by atoms with Gasteiger partial charge in [-0.25, -0.2) is 0 Å². The minimum absolute atomic E-state index is 0.317. The summed E-state index contributed by atoms with van der Waals surface area (Å²) in [6.07, 6.45) is 0. The van der Waals surface area contributed by atoms with E-state index in [9.17, 15) is 9.59 Å². The maximum atomic E-state index is 11.9. The lowest BCUT2D eigenvalue weighted by Crippen LogP contribution is -2.40. The number of hydrogen-bond donors (Lipinski definition) is 2. The summed E-state index contributed by atoms with van der Waals surface area (Å²) in [5.74, 6) is -2.00. The molecule has 0 radical (unpaired) electrons. The highest BCUT2D eigenvalue weighted by molar-refractivity contribution is 9.10. The third kappa shape index (κ3) is 3.71. The van der Waals surface area contributed by atoms with Gasteiger partial charge in [0.05, 0.1) is 16.5 Å². The number of carbonyl (C=O) groups is 2. The Hall–Kier alpha value is -1.07. The Morgan fingerprint density at radius 3 is 2.50 bits per heavy atom. The van der Waals surface area contributed by atoms with Crippen molar-refractivity contribution in [1.29, 1.82) is 0 Å². The first kappa shape index (κ1) is 15.0. The van der Waals surface area contributed by atoms with Gasteiger partial charge in [0.25, 0.3) is 5.91 Å². The van der Waals surface area contributed by atoms with E-state index in [1.807, 2.05) is 0 Å². The van der Waals surface area contributed by atoms with Crippen molar-refractivity contribution in [3.05, 3.63) is 33.3 Å². The molecule has 4 nitrogen and oxygen atoms in total. The number of carboxylic acid groups (broad SMARTS) is 1. The van der Waals surface area contributed by atoms with Gasteiger partial charge in [-0.15, -0.1) is 0 Å². The first-order chi connectivity index (χ1) is 8.32. The van der Waals surface area contributed by atoms with Crippen LogP contribution in [0.1, 0.15) is 24.2 Å². The number of rotatable bonds is 4. The summed E-state index contributed by atoms with van der Waals surface area (Å²) in [6, 6.07) is 4.42. The number of hydrogen-bond acceptors (Lipinski definition) is 2. The third-order valence-electron chi connectivity index (χ3n) is 2.67. The van der Waals surface area contributed by atoms with Crippen LogP contribution in [0.4, 0.5) is 0 Å². The Kier molecular flexibility index (Phi) is 5.16. The molecule has 1 amide bonds. The molecule has 0 heterocycles. The second-order valence-electron chi connectivity index (χ2n) is 4.01. The molecular weight excluding hydrogens is 321 g/mol. The van der Waals surface area contributed by atoms with E-state index in [2.05, 4.69) is 21.2 Å². The van der Waals surface area contributed by atoms with Crippen LogP contribution in [-0.2, 0) is 4.79 Å². The van der Waals surface area contributed by atoms with Crippen LogP contribution in [0.2, 0.25) is 5.02 Å². The van der Waals surface area contributed by atoms with Crippen molar-refractivity contribution in [3.8, 4) is 0 Å². The molecule has 2 atom stereocenters. The van der Waals surface area contributed by atoms with E-state index >= 15 is 0 Å². The number of amides is 1. The molecule has 1 aromatic rings. The maximum absolute atomic E-state index is 11.9. The Morgan fingerprint density at radius 1 is 1.39 bits per heavy atom. The molecule has 18 heavy (non-hydrogen) atoms. The molecule has 0 aromatic heterocycles. The quantitative estimate of drug-likeness (QED) is 0.889. The molecule has 0 aliphatic heterocycles. The normalized spacial score (nSPS) is 13.8. The van der Waals surface area contributed by atoms with Crippen LogP contribution in [-0.4, -0.2) is 23.0 Å². The van der Waals surface area contributed by atoms with Crippen molar-refractivity contribution in [1.82, 2.24) is 5.32 Å². The minimum Gasteiger partial charge on any atom is -0.481 e. The second kappa shape index (κ2) is 6.20. The average molecular weight is 335 g/mol. The number of benzene rings is 1. The number of aliphatic carboxylic acids is 1. The first-order valence-corrected chi connectivity index (χ1v) is 6.48. The van der Waals surface area contributed by atoms with Crippen molar-refractivity contribution in [2.75, 3.05) is 0 Å². The highest BCUT2D eigenvalue weighted by Crippen LogP contribution is 2.21. The topological polar surface area (TPSA) is 66.4 Å². The molecule has 2 unspecified atom stereocenters. The summed E-state index contributed by atoms with van der Waals surface area (Å²) in [4.78, 5) is 22.7. The molecule has 0 saturated heterocycles. The molecule has 6 heteroatoms. The fourth-order valence-corrected chi connectivity index (χ4v) is 2.06. The van der Waals surface area contributed by atoms with Crippen LogP contribution in [0.25, 0.3) is 0 Å². The van der Waals surface area contributed by atoms with E-state index in [0.717, 1.165) is 4.47 Å². The van der Waals surface area contributed by atoms with Crippen LogP contribution in [0, 0.1) is 5.92 Å². The zero-order valence-electron chi connectivity index (χ0n) is 9.91. The largest absolute Gasteiger partial charge is 0.481 e. The van der Waals surface area contributed by atoms with E-state index in [0.29, 0.717) is 10.6 Å². The highest BCUT2D eigenvalue weighted by Gasteiger charge is 2.22. The highest BCUT2D eigenvalue weighted by atomic mass is 79.9. The molecule has 0 aliphatic carbocycles. The average Bonchev–Trinajstić information content (AvgIpc) is 2.27. The Morgan fingerprint density at radius 2 is 2.00 bits per heavy atom. The molecule has 0 bridgehead atoms. The first-order valence-electron chi connectivity index (χ1n) is 5.31. The Bertz CT molecular complexity index is 478. The van der Waals surface area contributed by atoms with Gasteiger partial charge >= 0.3 is 5.97 Å². The lowest BCUT2D eigenvalue weighted by Gasteiger charge is -2.18. The second-order valence-corrected chi connectivity index (χ2v) is 5.34. The summed E-state index contributed by atoms with van der Waals surface area (Å²) in [5, 5.41) is 11.8. The molecule has 2 N–H and O–H groups in total. The van der Waals surface area contributed by atoms with Gasteiger partial charge in [0.1, 0.15) is 0 Å². The van der Waals surface area contributed by atoms with E-state index in [1.54, 1.807) is 25.1 Å². The zero-order valence-corrected chi connectivity index (χ0v) is 12.2. The number of halogens is 2. The summed E-state index contributed by atoms with van der Waals surface area (Å²) >= 11 is 9.19. The predicted octanol–water partition coefficient (Wildman–Crippen LogP) is 2.94. The van der Waals surface area contributed by atoms with Crippen LogP contribution < -0.4 is 5.32 Å². The summed E-state index contributed by atoms with van der Waals surface area (Å²) in [7, 11) is 0. The standard InChI is InChI=1S/C12H13BrClNO3/c1-6(12(17)18)7(2)15-11(16)9-4-3-8(13)5-10(9)14/h3-7H,1-2H3,(H,15,16)(H,17,18). The van der Waals surface area contributed by atoms with Crippen molar-refractivity contribution >= 4 is 39.4 Å². The fraction of sp³-hybridized carbons (Fsp3) is 0.333. The van der Waals surface area contributed by atoms with E-state index < -0.39 is 17.9 Å². The lowest BCUT2D eigenvalue weighted by atomic mass is 10.0. The van der Waals surface area contributed by atoms with E-state index in [4.69, 9.17) is 16.7 Å². The van der Waals surface area contributed by atoms with Crippen LogP contribution >= 0.6 is 27.5 Å². The van der Waals surface area contributed by atoms with Crippen molar-refractivity contribution < 1.29 is 14.7 Å². The van der Waals surface area contributed by atoms with Gasteiger partial charge in [-0.05, 0) is 32.0 Å². The molecular formula is C12H13BrClNO3. The summed E-state index contributed by atoms with van der Waals surface area (Å²) in [6.45, 7) is 3.18. The molecule has 0 aliphatic rings. The van der Waals surface area contributed by atoms with Crippen LogP contribution in [0.15, 0.2) is 22.7 Å². The van der Waals surface area contributed by atoms with Crippen LogP contribution in [0.5, 0.6) is 0 Å². The van der Waals surface area contributed by atoms with Gasteiger partial charge in [-0.2, -0.15) is 0 Å². The van der Waals surface area contributed by atoms with Gasteiger partial charge in [-0.1, -0.05) is 27.5 Å². The number of carbonyl (C=O) groups excluding carboxylic acids is 1. The molecule has 0 saturated carbocycles. The minimum atomic E-state index is -0.954. The van der Waals surface area contributed by atoms with Gasteiger partial charge in [0.2, 0.25) is 0 Å². The smallest absolute Gasteiger partial charge is 0.308 e. The van der Waals surface area contributed by atoms with Crippen molar-refractivity contribution in [2.24, 2.45) is 5.92 Å². The summed E-state index contributed by atoms with van der Waals surface area (Å²) < 4.78 is 0.774.